The molecule has 0 aromatic heterocycles. The first-order valence-corrected chi connectivity index (χ1v) is 7.57. The van der Waals surface area contributed by atoms with Crippen molar-refractivity contribution in [3.8, 4) is 0 Å². The summed E-state index contributed by atoms with van der Waals surface area (Å²) in [6.45, 7) is 10.0. The topological polar surface area (TPSA) is 32.3 Å². The summed E-state index contributed by atoms with van der Waals surface area (Å²) in [4.78, 5) is 14.4. The van der Waals surface area contributed by atoms with Crippen LogP contribution in [0.25, 0.3) is 0 Å². The Balaban J connectivity index is 2.55. The Labute approximate surface area is 131 Å². The minimum absolute atomic E-state index is 0.167. The number of nitrogens with one attached hydrogen (secondary N) is 1. The van der Waals surface area contributed by atoms with Crippen molar-refractivity contribution in [2.45, 2.75) is 39.8 Å². The monoisotopic (exact) mass is 316 g/mol. The van der Waals surface area contributed by atoms with Crippen LogP contribution in [0.4, 0.5) is 0 Å². The molecule has 0 aliphatic rings. The Hall–Kier alpha value is -0.770. The number of hydrogen-bond acceptors (Lipinski definition) is 2. The van der Waals surface area contributed by atoms with E-state index in [1.54, 1.807) is 18.2 Å². The zero-order valence-electron chi connectivity index (χ0n) is 12.4. The maximum atomic E-state index is 12.0. The molecule has 1 amide bonds. The highest BCUT2D eigenvalue weighted by atomic mass is 35.5. The number of rotatable bonds is 6. The van der Waals surface area contributed by atoms with Crippen LogP contribution in [0.3, 0.4) is 0 Å². The summed E-state index contributed by atoms with van der Waals surface area (Å²) in [5.74, 6) is -0.167. The molecule has 20 heavy (non-hydrogen) atoms. The fraction of sp³-hybridized carbons (Fsp3) is 0.533. The quantitative estimate of drug-likeness (QED) is 0.864. The van der Waals surface area contributed by atoms with Crippen LogP contribution < -0.4 is 5.32 Å². The standard InChI is InChI=1S/C15H22Cl2N2O/c1-10(2)19(11(3)4)8-7-18-15(20)13-6-5-12(16)9-14(13)17/h5-6,9-11H,7-8H2,1-4H3,(H,18,20). The van der Waals surface area contributed by atoms with E-state index in [2.05, 4.69) is 37.9 Å². The van der Waals surface area contributed by atoms with E-state index in [4.69, 9.17) is 23.2 Å². The molecule has 112 valence electrons. The third-order valence-electron chi connectivity index (χ3n) is 3.16. The van der Waals surface area contributed by atoms with Crippen LogP contribution in [0, 0.1) is 0 Å². The molecule has 3 nitrogen and oxygen atoms in total. The SMILES string of the molecule is CC(C)N(CCNC(=O)c1ccc(Cl)cc1Cl)C(C)C. The van der Waals surface area contributed by atoms with Crippen molar-refractivity contribution in [3.63, 3.8) is 0 Å². The number of carbonyl (C=O) groups is 1. The molecule has 0 fully saturated rings. The Morgan fingerprint density at radius 2 is 1.80 bits per heavy atom. The first-order valence-electron chi connectivity index (χ1n) is 6.82. The Kier molecular flexibility index (Phi) is 6.80. The summed E-state index contributed by atoms with van der Waals surface area (Å²) in [6.07, 6.45) is 0. The van der Waals surface area contributed by atoms with Crippen molar-refractivity contribution in [1.29, 1.82) is 0 Å². The molecule has 0 heterocycles. The van der Waals surface area contributed by atoms with Crippen molar-refractivity contribution >= 4 is 29.1 Å². The maximum Gasteiger partial charge on any atom is 0.252 e. The second kappa shape index (κ2) is 7.87. The second-order valence-electron chi connectivity index (χ2n) is 5.31. The number of hydrogen-bond donors (Lipinski definition) is 1. The lowest BCUT2D eigenvalue weighted by Crippen LogP contribution is -2.42. The number of carbonyl (C=O) groups excluding carboxylic acids is 1. The van der Waals surface area contributed by atoms with Gasteiger partial charge in [0.1, 0.15) is 0 Å². The number of halogens is 2. The molecule has 0 bridgehead atoms. The van der Waals surface area contributed by atoms with Crippen molar-refractivity contribution in [1.82, 2.24) is 10.2 Å². The lowest BCUT2D eigenvalue weighted by Gasteiger charge is -2.30. The first kappa shape index (κ1) is 17.3. The van der Waals surface area contributed by atoms with Crippen LogP contribution in [-0.2, 0) is 0 Å². The van der Waals surface area contributed by atoms with E-state index in [9.17, 15) is 4.79 Å². The second-order valence-corrected chi connectivity index (χ2v) is 6.15. The van der Waals surface area contributed by atoms with Crippen molar-refractivity contribution in [2.75, 3.05) is 13.1 Å². The zero-order chi connectivity index (χ0) is 15.3. The summed E-state index contributed by atoms with van der Waals surface area (Å²) < 4.78 is 0. The Morgan fingerprint density at radius 1 is 1.20 bits per heavy atom. The molecule has 1 aromatic carbocycles. The summed E-state index contributed by atoms with van der Waals surface area (Å²) in [7, 11) is 0. The van der Waals surface area contributed by atoms with E-state index in [1.165, 1.54) is 0 Å². The zero-order valence-corrected chi connectivity index (χ0v) is 13.9. The van der Waals surface area contributed by atoms with Gasteiger partial charge in [-0.25, -0.2) is 0 Å². The molecular weight excluding hydrogens is 295 g/mol. The average molecular weight is 317 g/mol. The molecule has 0 aliphatic heterocycles. The van der Waals surface area contributed by atoms with E-state index < -0.39 is 0 Å². The number of amides is 1. The lowest BCUT2D eigenvalue weighted by atomic mass is 10.2. The van der Waals surface area contributed by atoms with Crippen molar-refractivity contribution < 1.29 is 4.79 Å². The van der Waals surface area contributed by atoms with Gasteiger partial charge in [-0.2, -0.15) is 0 Å². The van der Waals surface area contributed by atoms with E-state index in [-0.39, 0.29) is 5.91 Å². The largest absolute Gasteiger partial charge is 0.351 e. The van der Waals surface area contributed by atoms with Gasteiger partial charge in [0.25, 0.3) is 5.91 Å². The van der Waals surface area contributed by atoms with E-state index in [0.29, 0.717) is 34.2 Å². The van der Waals surface area contributed by atoms with Crippen LogP contribution in [0.15, 0.2) is 18.2 Å². The van der Waals surface area contributed by atoms with Crippen LogP contribution >= 0.6 is 23.2 Å². The molecule has 0 saturated carbocycles. The fourth-order valence-corrected chi connectivity index (χ4v) is 2.67. The Bertz CT molecular complexity index is 453. The highest BCUT2D eigenvalue weighted by Crippen LogP contribution is 2.20. The molecule has 5 heteroatoms. The van der Waals surface area contributed by atoms with Gasteiger partial charge in [-0.05, 0) is 45.9 Å². The minimum Gasteiger partial charge on any atom is -0.351 e. The molecule has 1 rings (SSSR count). The molecule has 0 radical (unpaired) electrons. The lowest BCUT2D eigenvalue weighted by molar-refractivity contribution is 0.0939. The molecular formula is C15H22Cl2N2O. The van der Waals surface area contributed by atoms with Gasteiger partial charge in [0.15, 0.2) is 0 Å². The van der Waals surface area contributed by atoms with Crippen LogP contribution in [-0.4, -0.2) is 36.0 Å². The highest BCUT2D eigenvalue weighted by molar-refractivity contribution is 6.36. The van der Waals surface area contributed by atoms with Gasteiger partial charge in [0, 0.05) is 30.2 Å². The highest BCUT2D eigenvalue weighted by Gasteiger charge is 2.14. The third kappa shape index (κ3) is 4.97. The third-order valence-corrected chi connectivity index (χ3v) is 3.71. The molecule has 0 unspecified atom stereocenters. The van der Waals surface area contributed by atoms with Crippen LogP contribution in [0.1, 0.15) is 38.1 Å². The van der Waals surface area contributed by atoms with Gasteiger partial charge < -0.3 is 5.32 Å². The summed E-state index contributed by atoms with van der Waals surface area (Å²) >= 11 is 11.8. The molecule has 0 atom stereocenters. The smallest absolute Gasteiger partial charge is 0.252 e. The normalized spacial score (nSPS) is 11.4. The summed E-state index contributed by atoms with van der Waals surface area (Å²) in [5.41, 5.74) is 0.455. The van der Waals surface area contributed by atoms with Gasteiger partial charge in [-0.3, -0.25) is 9.69 Å². The Morgan fingerprint density at radius 3 is 2.30 bits per heavy atom. The van der Waals surface area contributed by atoms with Crippen molar-refractivity contribution in [3.05, 3.63) is 33.8 Å². The average Bonchev–Trinajstić information content (AvgIpc) is 2.33. The van der Waals surface area contributed by atoms with E-state index in [0.717, 1.165) is 6.54 Å². The van der Waals surface area contributed by atoms with Crippen molar-refractivity contribution in [2.24, 2.45) is 0 Å². The van der Waals surface area contributed by atoms with Gasteiger partial charge in [0.05, 0.1) is 10.6 Å². The molecule has 0 aliphatic carbocycles. The van der Waals surface area contributed by atoms with Crippen LogP contribution in [0.5, 0.6) is 0 Å². The first-order chi connectivity index (χ1) is 9.32. The van der Waals surface area contributed by atoms with Gasteiger partial charge in [-0.15, -0.1) is 0 Å². The molecule has 0 spiro atoms. The molecule has 1 N–H and O–H groups in total. The van der Waals surface area contributed by atoms with Gasteiger partial charge >= 0.3 is 0 Å². The predicted molar refractivity (Wildman–Crippen MR) is 85.8 cm³/mol. The van der Waals surface area contributed by atoms with Gasteiger partial charge in [0.2, 0.25) is 0 Å². The fourth-order valence-electron chi connectivity index (χ4n) is 2.18. The van der Waals surface area contributed by atoms with Gasteiger partial charge in [-0.1, -0.05) is 23.2 Å². The number of benzene rings is 1. The number of nitrogens with zero attached hydrogens (tertiary/aromatic N) is 1. The summed E-state index contributed by atoms with van der Waals surface area (Å²) in [6, 6.07) is 5.78. The molecule has 1 aromatic rings. The summed E-state index contributed by atoms with van der Waals surface area (Å²) in [5, 5.41) is 3.79. The van der Waals surface area contributed by atoms with Crippen LogP contribution in [0.2, 0.25) is 10.0 Å². The van der Waals surface area contributed by atoms with E-state index >= 15 is 0 Å². The predicted octanol–water partition coefficient (Wildman–Crippen LogP) is 3.84. The maximum absolute atomic E-state index is 12.0. The minimum atomic E-state index is -0.167. The van der Waals surface area contributed by atoms with E-state index in [1.807, 2.05) is 0 Å². The molecule has 0 saturated heterocycles.